The zero-order valence-corrected chi connectivity index (χ0v) is 10.4. The van der Waals surface area contributed by atoms with Gasteiger partial charge in [0.25, 0.3) is 0 Å². The Morgan fingerprint density at radius 3 is 2.62 bits per heavy atom. The zero-order chi connectivity index (χ0) is 10.8. The Hall–Kier alpha value is -0.350. The van der Waals surface area contributed by atoms with Crippen molar-refractivity contribution in [2.24, 2.45) is 5.92 Å². The fourth-order valence-corrected chi connectivity index (χ4v) is 2.30. The minimum atomic E-state index is -0.851. The third-order valence-corrected chi connectivity index (χ3v) is 3.51. The highest BCUT2D eigenvalue weighted by Crippen LogP contribution is 2.27. The summed E-state index contributed by atoms with van der Waals surface area (Å²) in [6, 6.07) is -0.287. The minimum Gasteiger partial charge on any atom is -0.344 e. The van der Waals surface area contributed by atoms with Gasteiger partial charge < -0.3 is 10.2 Å². The van der Waals surface area contributed by atoms with Crippen LogP contribution in [0.15, 0.2) is 0 Å². The van der Waals surface area contributed by atoms with Gasteiger partial charge in [0.05, 0.1) is 6.04 Å². The molecule has 2 atom stereocenters. The molecule has 1 aliphatic carbocycles. The first-order valence-corrected chi connectivity index (χ1v) is 5.79. The lowest BCUT2D eigenvalue weighted by Gasteiger charge is -2.31. The second-order valence-electron chi connectivity index (χ2n) is 4.81. The Balaban J connectivity index is 0.00000128. The maximum Gasteiger partial charge on any atom is 0.239 e. The molecule has 1 amide bonds. The number of nitrogens with zero attached hydrogens (tertiary/aromatic N) is 1. The Morgan fingerprint density at radius 2 is 2.19 bits per heavy atom. The molecule has 0 unspecified atom stereocenters. The molecule has 1 saturated carbocycles. The van der Waals surface area contributed by atoms with Crippen molar-refractivity contribution in [3.8, 4) is 0 Å². The van der Waals surface area contributed by atoms with Crippen molar-refractivity contribution in [3.05, 3.63) is 0 Å². The average molecular weight is 251 g/mol. The molecular weight excluding hydrogens is 231 g/mol. The van der Waals surface area contributed by atoms with Crippen molar-refractivity contribution in [3.63, 3.8) is 0 Å². The number of nitrogens with one attached hydrogen (secondary N) is 1. The van der Waals surface area contributed by atoms with Crippen LogP contribution in [0.5, 0.6) is 0 Å². The predicted octanol–water partition coefficient (Wildman–Crippen LogP) is 1.37. The lowest BCUT2D eigenvalue weighted by Crippen LogP contribution is -2.44. The second-order valence-corrected chi connectivity index (χ2v) is 4.81. The number of hydrogen-bond acceptors (Lipinski definition) is 2. The molecular formula is C11H20ClFN2O. The number of carbonyl (C=O) groups is 1. The molecule has 0 radical (unpaired) electrons. The highest BCUT2D eigenvalue weighted by Gasteiger charge is 2.32. The molecule has 0 aromatic heterocycles. The molecule has 94 valence electrons. The van der Waals surface area contributed by atoms with E-state index in [1.54, 1.807) is 4.90 Å². The number of amides is 1. The molecule has 0 spiro atoms. The molecule has 3 nitrogen and oxygen atoms in total. The van der Waals surface area contributed by atoms with Crippen LogP contribution in [-0.2, 0) is 4.79 Å². The van der Waals surface area contributed by atoms with Gasteiger partial charge in [-0.15, -0.1) is 12.4 Å². The lowest BCUT2D eigenvalue weighted by molar-refractivity contribution is -0.132. The van der Waals surface area contributed by atoms with Crippen molar-refractivity contribution < 1.29 is 9.18 Å². The molecule has 16 heavy (non-hydrogen) atoms. The van der Waals surface area contributed by atoms with Gasteiger partial charge in [0.2, 0.25) is 5.91 Å². The van der Waals surface area contributed by atoms with Crippen LogP contribution in [0, 0.1) is 5.92 Å². The van der Waals surface area contributed by atoms with Crippen LogP contribution in [0.3, 0.4) is 0 Å². The van der Waals surface area contributed by atoms with E-state index in [1.807, 2.05) is 7.05 Å². The largest absolute Gasteiger partial charge is 0.344 e. The van der Waals surface area contributed by atoms with Crippen molar-refractivity contribution >= 4 is 18.3 Å². The van der Waals surface area contributed by atoms with Crippen LogP contribution < -0.4 is 5.32 Å². The molecule has 1 N–H and O–H groups in total. The fourth-order valence-electron chi connectivity index (χ4n) is 2.30. The number of halogens is 2. The maximum atomic E-state index is 12.9. The summed E-state index contributed by atoms with van der Waals surface area (Å²) in [5, 5.41) is 2.93. The van der Waals surface area contributed by atoms with E-state index in [2.05, 4.69) is 5.32 Å². The smallest absolute Gasteiger partial charge is 0.239 e. The van der Waals surface area contributed by atoms with Gasteiger partial charge in [0.1, 0.15) is 6.17 Å². The van der Waals surface area contributed by atoms with Crippen LogP contribution in [-0.4, -0.2) is 43.2 Å². The molecule has 1 aliphatic heterocycles. The van der Waals surface area contributed by atoms with Gasteiger partial charge in [0.15, 0.2) is 0 Å². The third kappa shape index (κ3) is 3.08. The van der Waals surface area contributed by atoms with Gasteiger partial charge in [-0.2, -0.15) is 0 Å². The van der Waals surface area contributed by atoms with Crippen LogP contribution in [0.1, 0.15) is 25.7 Å². The highest BCUT2D eigenvalue weighted by atomic mass is 35.5. The molecule has 0 aromatic rings. The third-order valence-electron chi connectivity index (χ3n) is 3.51. The molecule has 1 saturated heterocycles. The zero-order valence-electron chi connectivity index (χ0n) is 9.62. The molecule has 0 aromatic carbocycles. The van der Waals surface area contributed by atoms with Crippen molar-refractivity contribution in [2.75, 3.05) is 20.1 Å². The maximum absolute atomic E-state index is 12.9. The van der Waals surface area contributed by atoms with E-state index < -0.39 is 6.17 Å². The Labute approximate surface area is 102 Å². The summed E-state index contributed by atoms with van der Waals surface area (Å²) in [6.07, 6.45) is 3.26. The van der Waals surface area contributed by atoms with Crippen molar-refractivity contribution in [2.45, 2.75) is 37.9 Å². The van der Waals surface area contributed by atoms with E-state index in [1.165, 1.54) is 19.3 Å². The summed E-state index contributed by atoms with van der Waals surface area (Å²) in [5.41, 5.74) is 0. The number of alkyl halides is 1. The Morgan fingerprint density at radius 1 is 1.50 bits per heavy atom. The average Bonchev–Trinajstić information content (AvgIpc) is 2.56. The number of hydrogen-bond donors (Lipinski definition) is 1. The molecule has 2 aliphatic rings. The van der Waals surface area contributed by atoms with E-state index in [0.29, 0.717) is 18.9 Å². The van der Waals surface area contributed by atoms with E-state index in [0.717, 1.165) is 6.54 Å². The van der Waals surface area contributed by atoms with Crippen molar-refractivity contribution in [1.82, 2.24) is 10.2 Å². The Kier molecular flexibility index (Phi) is 4.99. The fraction of sp³-hybridized carbons (Fsp3) is 0.909. The van der Waals surface area contributed by atoms with Gasteiger partial charge >= 0.3 is 0 Å². The lowest BCUT2D eigenvalue weighted by atomic mass is 9.85. The summed E-state index contributed by atoms with van der Waals surface area (Å²) in [4.78, 5) is 13.6. The molecule has 1 heterocycles. The first-order chi connectivity index (χ1) is 7.16. The van der Waals surface area contributed by atoms with E-state index >= 15 is 0 Å². The van der Waals surface area contributed by atoms with Gasteiger partial charge in [-0.3, -0.25) is 4.79 Å². The summed E-state index contributed by atoms with van der Waals surface area (Å²) < 4.78 is 12.9. The summed E-state index contributed by atoms with van der Waals surface area (Å²) >= 11 is 0. The Bertz CT molecular complexity index is 248. The van der Waals surface area contributed by atoms with Gasteiger partial charge in [-0.25, -0.2) is 4.39 Å². The number of carbonyl (C=O) groups excluding carboxylic acids is 1. The second kappa shape index (κ2) is 5.82. The molecule has 2 fully saturated rings. The summed E-state index contributed by atoms with van der Waals surface area (Å²) in [7, 11) is 1.83. The van der Waals surface area contributed by atoms with Crippen molar-refractivity contribution in [1.29, 1.82) is 0 Å². The van der Waals surface area contributed by atoms with E-state index in [9.17, 15) is 9.18 Å². The normalized spacial score (nSPS) is 29.4. The minimum absolute atomic E-state index is 0. The van der Waals surface area contributed by atoms with Crippen LogP contribution >= 0.6 is 12.4 Å². The molecule has 5 heteroatoms. The van der Waals surface area contributed by atoms with Gasteiger partial charge in [-0.1, -0.05) is 6.42 Å². The monoisotopic (exact) mass is 250 g/mol. The van der Waals surface area contributed by atoms with E-state index in [4.69, 9.17) is 0 Å². The molecule has 0 bridgehead atoms. The van der Waals surface area contributed by atoms with E-state index in [-0.39, 0.29) is 24.4 Å². The van der Waals surface area contributed by atoms with Crippen LogP contribution in [0.4, 0.5) is 4.39 Å². The first-order valence-electron chi connectivity index (χ1n) is 5.79. The van der Waals surface area contributed by atoms with Gasteiger partial charge in [-0.05, 0) is 18.8 Å². The standard InChI is InChI=1S/C11H19FN2O.ClH/c1-14(7-8-3-2-4-8)11(15)10-5-9(12)6-13-10;/h8-10,13H,2-7H2,1H3;1H/t9-,10+;/m0./s1. The quantitative estimate of drug-likeness (QED) is 0.821. The van der Waals surface area contributed by atoms with Crippen LogP contribution in [0.25, 0.3) is 0 Å². The van der Waals surface area contributed by atoms with Gasteiger partial charge in [0, 0.05) is 26.6 Å². The predicted molar refractivity (Wildman–Crippen MR) is 63.5 cm³/mol. The number of likely N-dealkylation sites (N-methyl/N-ethyl adjacent to an activating group) is 1. The SMILES string of the molecule is CN(CC1CCC1)C(=O)[C@H]1C[C@H](F)CN1.Cl. The summed E-state index contributed by atoms with van der Waals surface area (Å²) in [5.74, 6) is 0.739. The van der Waals surface area contributed by atoms with Crippen LogP contribution in [0.2, 0.25) is 0 Å². The number of rotatable bonds is 3. The molecule has 2 rings (SSSR count). The topological polar surface area (TPSA) is 32.3 Å². The summed E-state index contributed by atoms with van der Waals surface area (Å²) in [6.45, 7) is 1.17. The highest BCUT2D eigenvalue weighted by molar-refractivity contribution is 5.85. The first kappa shape index (κ1) is 13.7.